The minimum absolute atomic E-state index is 0.294. The third kappa shape index (κ3) is 7.19. The zero-order valence-electron chi connectivity index (χ0n) is 6.89. The molecule has 0 heterocycles. The largest absolute Gasteiger partial charge is 0.370 e. The Morgan fingerprint density at radius 2 is 2.27 bits per heavy atom. The monoisotopic (exact) mass is 175 g/mol. The Morgan fingerprint density at radius 3 is 2.64 bits per heavy atom. The summed E-state index contributed by atoms with van der Waals surface area (Å²) < 4.78 is 0. The van der Waals surface area contributed by atoms with Crippen LogP contribution in [0.5, 0.6) is 0 Å². The van der Waals surface area contributed by atoms with E-state index in [4.69, 9.17) is 17.3 Å². The Kier molecular flexibility index (Phi) is 4.70. The number of halogens is 1. The van der Waals surface area contributed by atoms with E-state index < -0.39 is 0 Å². The van der Waals surface area contributed by atoms with Crippen molar-refractivity contribution in [3.05, 3.63) is 11.6 Å². The number of guanidine groups is 1. The predicted molar refractivity (Wildman–Crippen MR) is 49.8 cm³/mol. The van der Waals surface area contributed by atoms with Crippen LogP contribution in [0.1, 0.15) is 13.8 Å². The van der Waals surface area contributed by atoms with Gasteiger partial charge in [-0.05, 0) is 13.8 Å². The van der Waals surface area contributed by atoms with Crippen LogP contribution >= 0.6 is 11.6 Å². The lowest BCUT2D eigenvalue weighted by Gasteiger charge is -2.07. The van der Waals surface area contributed by atoms with Gasteiger partial charge < -0.3 is 11.1 Å². The van der Waals surface area contributed by atoms with Gasteiger partial charge in [0.05, 0.1) is 6.54 Å². The Labute approximate surface area is 72.3 Å². The third-order valence-electron chi connectivity index (χ3n) is 0.858. The van der Waals surface area contributed by atoms with Crippen LogP contribution in [0.2, 0.25) is 0 Å². The van der Waals surface area contributed by atoms with Crippen LogP contribution < -0.4 is 11.1 Å². The number of nitrogens with zero attached hydrogens (tertiary/aromatic N) is 1. The molecule has 3 N–H and O–H groups in total. The molecule has 0 atom stereocenters. The number of nitrogens with two attached hydrogens (primary N) is 1. The Balaban J connectivity index is 3.72. The van der Waals surface area contributed by atoms with Gasteiger partial charge in [0.25, 0.3) is 0 Å². The van der Waals surface area contributed by atoms with Crippen molar-refractivity contribution < 1.29 is 0 Å². The average molecular weight is 176 g/mol. The van der Waals surface area contributed by atoms with Crippen LogP contribution in [0.4, 0.5) is 0 Å². The summed E-state index contributed by atoms with van der Waals surface area (Å²) in [5, 5.41) is 3.41. The minimum Gasteiger partial charge on any atom is -0.370 e. The van der Waals surface area contributed by atoms with Crippen molar-refractivity contribution in [2.75, 3.05) is 6.54 Å². The highest BCUT2D eigenvalue weighted by molar-refractivity contribution is 6.29. The number of aliphatic imine (C=N–C) groups is 1. The molecule has 0 aromatic carbocycles. The molecule has 0 aliphatic rings. The SMILES string of the molecule is C=C(Cl)CN=C(N)NC(C)C. The highest BCUT2D eigenvalue weighted by atomic mass is 35.5. The average Bonchev–Trinajstić information content (AvgIpc) is 1.82. The molecule has 3 nitrogen and oxygen atoms in total. The molecule has 0 aliphatic carbocycles. The number of hydrogen-bond donors (Lipinski definition) is 2. The Morgan fingerprint density at radius 1 is 1.73 bits per heavy atom. The normalized spacial score (nSPS) is 11.8. The minimum atomic E-state index is 0.294. The summed E-state index contributed by atoms with van der Waals surface area (Å²) in [6, 6.07) is 0.294. The molecule has 0 spiro atoms. The van der Waals surface area contributed by atoms with Crippen LogP contribution in [0.25, 0.3) is 0 Å². The van der Waals surface area contributed by atoms with Crippen molar-refractivity contribution in [2.24, 2.45) is 10.7 Å². The van der Waals surface area contributed by atoms with Crippen molar-refractivity contribution in [1.29, 1.82) is 0 Å². The van der Waals surface area contributed by atoms with E-state index in [0.717, 1.165) is 0 Å². The molecule has 11 heavy (non-hydrogen) atoms. The van der Waals surface area contributed by atoms with E-state index in [9.17, 15) is 0 Å². The molecule has 0 aliphatic heterocycles. The maximum Gasteiger partial charge on any atom is 0.189 e. The van der Waals surface area contributed by atoms with Gasteiger partial charge in [0, 0.05) is 11.1 Å². The van der Waals surface area contributed by atoms with E-state index >= 15 is 0 Å². The van der Waals surface area contributed by atoms with Gasteiger partial charge in [0.2, 0.25) is 0 Å². The number of hydrogen-bond acceptors (Lipinski definition) is 1. The molecule has 0 aromatic heterocycles. The van der Waals surface area contributed by atoms with Crippen molar-refractivity contribution in [3.8, 4) is 0 Å². The zero-order chi connectivity index (χ0) is 8.85. The van der Waals surface area contributed by atoms with Gasteiger partial charge in [-0.2, -0.15) is 0 Å². The number of nitrogens with one attached hydrogen (secondary N) is 1. The van der Waals surface area contributed by atoms with Gasteiger partial charge in [-0.3, -0.25) is 0 Å². The first kappa shape index (κ1) is 10.3. The van der Waals surface area contributed by atoms with Gasteiger partial charge in [-0.25, -0.2) is 4.99 Å². The molecule has 0 fully saturated rings. The molecular weight excluding hydrogens is 162 g/mol. The second-order valence-corrected chi connectivity index (χ2v) is 3.05. The Hall–Kier alpha value is -0.700. The maximum atomic E-state index is 5.47. The molecule has 0 saturated carbocycles. The fourth-order valence-electron chi connectivity index (χ4n) is 0.512. The fourth-order valence-corrected chi connectivity index (χ4v) is 0.572. The standard InChI is InChI=1S/C7H14ClN3/c1-5(2)11-7(9)10-4-6(3)8/h5H,3-4H2,1-2H3,(H3,9,10,11). The molecule has 64 valence electrons. The first-order valence-electron chi connectivity index (χ1n) is 3.42. The van der Waals surface area contributed by atoms with E-state index in [0.29, 0.717) is 23.6 Å². The third-order valence-corrected chi connectivity index (χ3v) is 0.977. The summed E-state index contributed by atoms with van der Waals surface area (Å²) in [5.74, 6) is 0.404. The zero-order valence-corrected chi connectivity index (χ0v) is 7.65. The smallest absolute Gasteiger partial charge is 0.189 e. The molecular formula is C7H14ClN3. The van der Waals surface area contributed by atoms with Crippen molar-refractivity contribution in [1.82, 2.24) is 5.32 Å². The van der Waals surface area contributed by atoms with Crippen LogP contribution in [0.15, 0.2) is 16.6 Å². The summed E-state index contributed by atoms with van der Waals surface area (Å²) in [7, 11) is 0. The molecule has 0 aromatic rings. The predicted octanol–water partition coefficient (Wildman–Crippen LogP) is 1.05. The first-order valence-corrected chi connectivity index (χ1v) is 3.80. The quantitative estimate of drug-likeness (QED) is 0.498. The van der Waals surface area contributed by atoms with E-state index in [1.807, 2.05) is 13.8 Å². The Bertz CT molecular complexity index is 163. The molecule has 0 radical (unpaired) electrons. The van der Waals surface area contributed by atoms with E-state index in [1.165, 1.54) is 0 Å². The van der Waals surface area contributed by atoms with Crippen LogP contribution in [0.3, 0.4) is 0 Å². The van der Waals surface area contributed by atoms with Crippen molar-refractivity contribution in [3.63, 3.8) is 0 Å². The van der Waals surface area contributed by atoms with Crippen molar-refractivity contribution >= 4 is 17.6 Å². The van der Waals surface area contributed by atoms with E-state index in [-0.39, 0.29) is 0 Å². The lowest BCUT2D eigenvalue weighted by atomic mass is 10.4. The molecule has 0 saturated heterocycles. The van der Waals surface area contributed by atoms with Crippen LogP contribution in [-0.4, -0.2) is 18.5 Å². The van der Waals surface area contributed by atoms with E-state index in [1.54, 1.807) is 0 Å². The van der Waals surface area contributed by atoms with Gasteiger partial charge in [-0.1, -0.05) is 18.2 Å². The molecule has 0 unspecified atom stereocenters. The van der Waals surface area contributed by atoms with Crippen molar-refractivity contribution in [2.45, 2.75) is 19.9 Å². The molecule has 4 heteroatoms. The second-order valence-electron chi connectivity index (χ2n) is 2.52. The lowest BCUT2D eigenvalue weighted by molar-refractivity contribution is 0.726. The van der Waals surface area contributed by atoms with Crippen LogP contribution in [0, 0.1) is 0 Å². The highest BCUT2D eigenvalue weighted by Crippen LogP contribution is 1.95. The molecule has 0 bridgehead atoms. The van der Waals surface area contributed by atoms with Gasteiger partial charge >= 0.3 is 0 Å². The summed E-state index contributed by atoms with van der Waals surface area (Å²) in [6.45, 7) is 7.82. The summed E-state index contributed by atoms with van der Waals surface area (Å²) in [5.41, 5.74) is 5.46. The highest BCUT2D eigenvalue weighted by Gasteiger charge is 1.93. The molecule has 0 rings (SSSR count). The lowest BCUT2D eigenvalue weighted by Crippen LogP contribution is -2.36. The maximum absolute atomic E-state index is 5.47. The topological polar surface area (TPSA) is 50.4 Å². The van der Waals surface area contributed by atoms with Gasteiger partial charge in [0.15, 0.2) is 5.96 Å². The van der Waals surface area contributed by atoms with Gasteiger partial charge in [-0.15, -0.1) is 0 Å². The molecule has 0 amide bonds. The van der Waals surface area contributed by atoms with E-state index in [2.05, 4.69) is 16.9 Å². The summed E-state index contributed by atoms with van der Waals surface area (Å²) in [6.07, 6.45) is 0. The fraction of sp³-hybridized carbons (Fsp3) is 0.571. The second kappa shape index (κ2) is 5.02. The van der Waals surface area contributed by atoms with Gasteiger partial charge in [0.1, 0.15) is 0 Å². The first-order chi connectivity index (χ1) is 5.02. The number of rotatable bonds is 3. The van der Waals surface area contributed by atoms with Crippen LogP contribution in [-0.2, 0) is 0 Å². The summed E-state index contributed by atoms with van der Waals surface area (Å²) in [4.78, 5) is 3.92. The summed E-state index contributed by atoms with van der Waals surface area (Å²) >= 11 is 5.47.